The van der Waals surface area contributed by atoms with E-state index in [1.54, 1.807) is 11.5 Å². The van der Waals surface area contributed by atoms with Gasteiger partial charge in [-0.2, -0.15) is 0 Å². The van der Waals surface area contributed by atoms with E-state index in [4.69, 9.17) is 5.73 Å². The Hall–Kier alpha value is -1.94. The quantitative estimate of drug-likeness (QED) is 0.468. The lowest BCUT2D eigenvalue weighted by atomic mass is 10.6. The van der Waals surface area contributed by atoms with Crippen molar-refractivity contribution in [1.82, 2.24) is 24.3 Å². The van der Waals surface area contributed by atoms with E-state index in [1.807, 2.05) is 11.6 Å². The van der Waals surface area contributed by atoms with Crippen LogP contribution in [-0.2, 0) is 20.1 Å². The smallest absolute Gasteiger partial charge is 0.342 e. The standard InChI is InChI=1S/C10H15N7O2S/c1-7-12-6-9(17(18)19)16(7)3-4-20-10-14-13-8(5-11)15(10)2/h6H,3-5,11H2,1-2H3. The van der Waals surface area contributed by atoms with Crippen LogP contribution in [0.5, 0.6) is 0 Å². The number of imidazole rings is 1. The lowest BCUT2D eigenvalue weighted by Crippen LogP contribution is -2.08. The predicted octanol–water partition coefficient (Wildman–Crippen LogP) is 0.479. The largest absolute Gasteiger partial charge is 0.358 e. The van der Waals surface area contributed by atoms with Gasteiger partial charge in [0.15, 0.2) is 11.0 Å². The third kappa shape index (κ3) is 2.80. The average molecular weight is 297 g/mol. The third-order valence-corrected chi connectivity index (χ3v) is 3.88. The third-order valence-electron chi connectivity index (χ3n) is 2.87. The summed E-state index contributed by atoms with van der Waals surface area (Å²) in [5, 5.41) is 19.6. The van der Waals surface area contributed by atoms with Gasteiger partial charge in [-0.05, 0) is 4.92 Å². The Morgan fingerprint density at radius 2 is 2.25 bits per heavy atom. The normalized spacial score (nSPS) is 10.9. The van der Waals surface area contributed by atoms with E-state index in [0.29, 0.717) is 30.5 Å². The minimum atomic E-state index is -0.431. The molecule has 0 fully saturated rings. The molecular weight excluding hydrogens is 282 g/mol. The van der Waals surface area contributed by atoms with Crippen LogP contribution in [0.2, 0.25) is 0 Å². The van der Waals surface area contributed by atoms with Gasteiger partial charge in [-0.3, -0.25) is 0 Å². The summed E-state index contributed by atoms with van der Waals surface area (Å²) in [4.78, 5) is 14.4. The molecule has 2 aromatic heterocycles. The van der Waals surface area contributed by atoms with Gasteiger partial charge in [0, 0.05) is 19.7 Å². The Morgan fingerprint density at radius 3 is 2.85 bits per heavy atom. The summed E-state index contributed by atoms with van der Waals surface area (Å²) in [6.07, 6.45) is 1.27. The fourth-order valence-corrected chi connectivity index (χ4v) is 2.61. The first kappa shape index (κ1) is 14.5. The number of nitrogens with zero attached hydrogens (tertiary/aromatic N) is 6. The number of hydrogen-bond acceptors (Lipinski definition) is 7. The Labute approximate surface area is 119 Å². The number of aryl methyl sites for hydroxylation is 1. The van der Waals surface area contributed by atoms with E-state index in [9.17, 15) is 10.1 Å². The van der Waals surface area contributed by atoms with Gasteiger partial charge in [-0.1, -0.05) is 11.8 Å². The number of hydrogen-bond donors (Lipinski definition) is 1. The monoisotopic (exact) mass is 297 g/mol. The van der Waals surface area contributed by atoms with Crippen molar-refractivity contribution >= 4 is 17.6 Å². The van der Waals surface area contributed by atoms with Crippen molar-refractivity contribution in [3.05, 3.63) is 28.0 Å². The molecule has 20 heavy (non-hydrogen) atoms. The number of rotatable bonds is 6. The first-order valence-corrected chi connectivity index (χ1v) is 6.90. The molecule has 10 heteroatoms. The lowest BCUT2D eigenvalue weighted by molar-refractivity contribution is -0.392. The molecule has 108 valence electrons. The summed E-state index contributed by atoms with van der Waals surface area (Å²) >= 11 is 1.47. The van der Waals surface area contributed by atoms with Gasteiger partial charge in [0.25, 0.3) is 0 Å². The van der Waals surface area contributed by atoms with Gasteiger partial charge in [-0.25, -0.2) is 9.55 Å². The van der Waals surface area contributed by atoms with Crippen LogP contribution in [0.15, 0.2) is 11.4 Å². The molecule has 0 amide bonds. The van der Waals surface area contributed by atoms with Crippen molar-refractivity contribution < 1.29 is 4.92 Å². The van der Waals surface area contributed by atoms with Crippen molar-refractivity contribution in [3.63, 3.8) is 0 Å². The van der Waals surface area contributed by atoms with Gasteiger partial charge >= 0.3 is 5.82 Å². The zero-order valence-corrected chi connectivity index (χ0v) is 12.0. The highest BCUT2D eigenvalue weighted by Crippen LogP contribution is 2.19. The Bertz CT molecular complexity index is 621. The van der Waals surface area contributed by atoms with Gasteiger partial charge in [0.05, 0.1) is 6.54 Å². The van der Waals surface area contributed by atoms with Gasteiger partial charge in [0.1, 0.15) is 18.6 Å². The topological polar surface area (TPSA) is 118 Å². The predicted molar refractivity (Wildman–Crippen MR) is 73.2 cm³/mol. The minimum Gasteiger partial charge on any atom is -0.358 e. The van der Waals surface area contributed by atoms with Crippen LogP contribution in [0.4, 0.5) is 5.82 Å². The molecule has 0 atom stereocenters. The number of thioether (sulfide) groups is 1. The average Bonchev–Trinajstić information content (AvgIpc) is 2.95. The number of nitrogens with two attached hydrogens (primary N) is 1. The maximum atomic E-state index is 10.9. The number of aromatic nitrogens is 5. The molecule has 0 aromatic carbocycles. The van der Waals surface area contributed by atoms with E-state index in [2.05, 4.69) is 15.2 Å². The van der Waals surface area contributed by atoms with Crippen molar-refractivity contribution in [2.75, 3.05) is 5.75 Å². The molecule has 0 bridgehead atoms. The fourth-order valence-electron chi connectivity index (χ4n) is 1.76. The number of nitro groups is 1. The highest BCUT2D eigenvalue weighted by molar-refractivity contribution is 7.99. The van der Waals surface area contributed by atoms with Gasteiger partial charge in [0.2, 0.25) is 0 Å². The summed E-state index contributed by atoms with van der Waals surface area (Å²) in [6.45, 7) is 2.56. The first-order valence-electron chi connectivity index (χ1n) is 5.92. The molecule has 0 spiro atoms. The molecule has 0 unspecified atom stereocenters. The lowest BCUT2D eigenvalue weighted by Gasteiger charge is -2.03. The summed E-state index contributed by atoms with van der Waals surface area (Å²) in [7, 11) is 1.84. The van der Waals surface area contributed by atoms with E-state index in [0.717, 1.165) is 5.16 Å². The molecule has 0 aliphatic heterocycles. The molecule has 2 aromatic rings. The Kier molecular flexibility index (Phi) is 4.35. The summed E-state index contributed by atoms with van der Waals surface area (Å²) < 4.78 is 3.40. The van der Waals surface area contributed by atoms with Crippen molar-refractivity contribution in [3.8, 4) is 0 Å². The second-order valence-electron chi connectivity index (χ2n) is 4.08. The van der Waals surface area contributed by atoms with Crippen LogP contribution in [0.1, 0.15) is 11.6 Å². The fraction of sp³-hybridized carbons (Fsp3) is 0.500. The molecule has 0 aliphatic rings. The van der Waals surface area contributed by atoms with E-state index >= 15 is 0 Å². The van der Waals surface area contributed by atoms with Crippen LogP contribution in [0, 0.1) is 17.0 Å². The maximum absolute atomic E-state index is 10.9. The summed E-state index contributed by atoms with van der Waals surface area (Å²) in [5.41, 5.74) is 5.52. The maximum Gasteiger partial charge on any atom is 0.342 e. The van der Waals surface area contributed by atoms with Gasteiger partial charge in [-0.15, -0.1) is 10.2 Å². The van der Waals surface area contributed by atoms with Crippen LogP contribution in [0.25, 0.3) is 0 Å². The molecular formula is C10H15N7O2S. The zero-order valence-electron chi connectivity index (χ0n) is 11.2. The van der Waals surface area contributed by atoms with Crippen molar-refractivity contribution in [2.24, 2.45) is 12.8 Å². The molecule has 2 N–H and O–H groups in total. The van der Waals surface area contributed by atoms with Crippen molar-refractivity contribution in [2.45, 2.75) is 25.2 Å². The zero-order chi connectivity index (χ0) is 14.7. The molecule has 9 nitrogen and oxygen atoms in total. The minimum absolute atomic E-state index is 0.00344. The highest BCUT2D eigenvalue weighted by atomic mass is 32.2. The Morgan fingerprint density at radius 1 is 1.50 bits per heavy atom. The summed E-state index contributed by atoms with van der Waals surface area (Å²) in [6, 6.07) is 0. The first-order chi connectivity index (χ1) is 9.54. The molecule has 0 saturated heterocycles. The van der Waals surface area contributed by atoms with Crippen molar-refractivity contribution in [1.29, 1.82) is 0 Å². The second-order valence-corrected chi connectivity index (χ2v) is 5.14. The molecule has 2 heterocycles. The van der Waals surface area contributed by atoms with E-state index in [1.165, 1.54) is 18.0 Å². The molecule has 2 rings (SSSR count). The van der Waals surface area contributed by atoms with E-state index in [-0.39, 0.29) is 5.82 Å². The highest BCUT2D eigenvalue weighted by Gasteiger charge is 2.17. The van der Waals surface area contributed by atoms with Crippen LogP contribution >= 0.6 is 11.8 Å². The van der Waals surface area contributed by atoms with Crippen LogP contribution in [0.3, 0.4) is 0 Å². The van der Waals surface area contributed by atoms with Gasteiger partial charge < -0.3 is 20.4 Å². The SMILES string of the molecule is Cc1ncc([N+](=O)[O-])n1CCSc1nnc(CN)n1C. The van der Waals surface area contributed by atoms with Crippen LogP contribution < -0.4 is 5.73 Å². The second kappa shape index (κ2) is 6.01. The summed E-state index contributed by atoms with van der Waals surface area (Å²) in [5.74, 6) is 1.97. The van der Waals surface area contributed by atoms with E-state index < -0.39 is 4.92 Å². The molecule has 0 saturated carbocycles. The molecule has 0 radical (unpaired) electrons. The van der Waals surface area contributed by atoms with Crippen LogP contribution in [-0.4, -0.2) is 35.0 Å². The molecule has 0 aliphatic carbocycles. The Balaban J connectivity index is 2.01.